The second-order valence-electron chi connectivity index (χ2n) is 5.98. The smallest absolute Gasteiger partial charge is 0.276 e. The van der Waals surface area contributed by atoms with Crippen molar-refractivity contribution < 1.29 is 9.53 Å². The molecule has 1 aromatic heterocycles. The Bertz CT molecular complexity index is 810. The molecule has 0 aliphatic carbocycles. The second-order valence-corrected chi connectivity index (χ2v) is 6.82. The Kier molecular flexibility index (Phi) is 5.80. The summed E-state index contributed by atoms with van der Waals surface area (Å²) in [6, 6.07) is 5.28. The van der Waals surface area contributed by atoms with Crippen molar-refractivity contribution in [1.82, 2.24) is 9.97 Å². The number of rotatable bonds is 4. The maximum absolute atomic E-state index is 12.8. The summed E-state index contributed by atoms with van der Waals surface area (Å²) in [5, 5.41) is 3.55. The molecule has 0 bridgehead atoms. The summed E-state index contributed by atoms with van der Waals surface area (Å²) in [5.41, 5.74) is 1.52. The second kappa shape index (κ2) is 8.07. The van der Waals surface area contributed by atoms with E-state index in [-0.39, 0.29) is 10.7 Å². The molecule has 1 fully saturated rings. The van der Waals surface area contributed by atoms with Gasteiger partial charge in [0.05, 0.1) is 35.8 Å². The van der Waals surface area contributed by atoms with E-state index in [0.29, 0.717) is 43.0 Å². The largest absolute Gasteiger partial charge is 0.378 e. The number of morpholine rings is 1. The van der Waals surface area contributed by atoms with E-state index < -0.39 is 5.91 Å². The van der Waals surface area contributed by atoms with Gasteiger partial charge in [-0.15, -0.1) is 0 Å². The molecule has 2 aromatic rings. The Balaban J connectivity index is 1.87. The highest BCUT2D eigenvalue weighted by molar-refractivity contribution is 6.34. The van der Waals surface area contributed by atoms with Crippen LogP contribution in [0.4, 0.5) is 17.3 Å². The number of benzene rings is 1. The first-order chi connectivity index (χ1) is 12.5. The Labute approximate surface area is 161 Å². The molecule has 1 aromatic carbocycles. The van der Waals surface area contributed by atoms with Gasteiger partial charge in [-0.05, 0) is 18.2 Å². The molecule has 2 heterocycles. The van der Waals surface area contributed by atoms with E-state index in [0.717, 1.165) is 5.69 Å². The highest BCUT2D eigenvalue weighted by atomic mass is 35.5. The number of ether oxygens (including phenoxy) is 1. The third kappa shape index (κ3) is 4.17. The topological polar surface area (TPSA) is 70.6 Å². The maximum Gasteiger partial charge on any atom is 0.276 e. The van der Waals surface area contributed by atoms with Crippen LogP contribution < -0.4 is 15.1 Å². The minimum Gasteiger partial charge on any atom is -0.378 e. The first-order valence-corrected chi connectivity index (χ1v) is 8.85. The molecule has 1 amide bonds. The lowest BCUT2D eigenvalue weighted by Crippen LogP contribution is -2.37. The van der Waals surface area contributed by atoms with Gasteiger partial charge < -0.3 is 19.9 Å². The normalized spacial score (nSPS) is 14.2. The van der Waals surface area contributed by atoms with Crippen molar-refractivity contribution in [3.05, 3.63) is 40.1 Å². The Morgan fingerprint density at radius 1 is 1.27 bits per heavy atom. The zero-order valence-electron chi connectivity index (χ0n) is 14.5. The number of hydrogen-bond acceptors (Lipinski definition) is 6. The quantitative estimate of drug-likeness (QED) is 0.857. The van der Waals surface area contributed by atoms with Crippen molar-refractivity contribution in [2.45, 2.75) is 0 Å². The summed E-state index contributed by atoms with van der Waals surface area (Å²) in [6.45, 7) is 2.54. The zero-order chi connectivity index (χ0) is 18.7. The number of amides is 1. The minimum atomic E-state index is -0.419. The molecule has 0 unspecified atom stereocenters. The molecule has 1 aliphatic heterocycles. The van der Waals surface area contributed by atoms with Crippen molar-refractivity contribution in [1.29, 1.82) is 0 Å². The lowest BCUT2D eigenvalue weighted by molar-refractivity contribution is 0.102. The number of anilines is 3. The molecule has 26 heavy (non-hydrogen) atoms. The van der Waals surface area contributed by atoms with Gasteiger partial charge in [0.25, 0.3) is 5.91 Å². The van der Waals surface area contributed by atoms with Crippen LogP contribution in [-0.2, 0) is 4.74 Å². The van der Waals surface area contributed by atoms with E-state index in [1.54, 1.807) is 12.1 Å². The minimum absolute atomic E-state index is 0.118. The van der Waals surface area contributed by atoms with Crippen molar-refractivity contribution in [2.24, 2.45) is 0 Å². The third-order valence-electron chi connectivity index (χ3n) is 3.93. The number of nitrogens with one attached hydrogen (secondary N) is 1. The molecular weight excluding hydrogens is 377 g/mol. The van der Waals surface area contributed by atoms with Crippen molar-refractivity contribution in [3.8, 4) is 0 Å². The number of halogens is 2. The van der Waals surface area contributed by atoms with Gasteiger partial charge in [0, 0.05) is 32.2 Å². The molecule has 0 atom stereocenters. The predicted molar refractivity (Wildman–Crippen MR) is 104 cm³/mol. The molecule has 7 nitrogen and oxygen atoms in total. The predicted octanol–water partition coefficient (Wildman–Crippen LogP) is 2.94. The van der Waals surface area contributed by atoms with Gasteiger partial charge in [0.2, 0.25) is 5.95 Å². The summed E-state index contributed by atoms with van der Waals surface area (Å²) in [6.07, 6.45) is 1.44. The van der Waals surface area contributed by atoms with E-state index in [2.05, 4.69) is 15.3 Å². The first-order valence-electron chi connectivity index (χ1n) is 8.09. The summed E-state index contributed by atoms with van der Waals surface area (Å²) in [5.74, 6) is 0.0408. The van der Waals surface area contributed by atoms with E-state index >= 15 is 0 Å². The molecule has 0 radical (unpaired) electrons. The summed E-state index contributed by atoms with van der Waals surface area (Å²) < 4.78 is 5.33. The van der Waals surface area contributed by atoms with E-state index in [1.807, 2.05) is 30.0 Å². The molecule has 1 aliphatic rings. The fraction of sp³-hybridized carbons (Fsp3) is 0.353. The molecular formula is C17H19Cl2N5O2. The zero-order valence-corrected chi connectivity index (χ0v) is 16.0. The summed E-state index contributed by atoms with van der Waals surface area (Å²) >= 11 is 12.2. The molecule has 1 saturated heterocycles. The number of nitrogens with zero attached hydrogens (tertiary/aromatic N) is 4. The number of carbonyl (C=O) groups is 1. The summed E-state index contributed by atoms with van der Waals surface area (Å²) in [7, 11) is 3.76. The van der Waals surface area contributed by atoms with E-state index in [9.17, 15) is 4.79 Å². The highest BCUT2D eigenvalue weighted by Crippen LogP contribution is 2.29. The molecule has 138 valence electrons. The monoisotopic (exact) mass is 395 g/mol. The van der Waals surface area contributed by atoms with Gasteiger partial charge in [-0.1, -0.05) is 23.2 Å². The lowest BCUT2D eigenvalue weighted by atomic mass is 10.2. The Hall–Kier alpha value is -2.09. The standard InChI is InChI=1S/C17H19Cl2N5O2/c1-23(2)14-4-3-11(18)9-13(14)21-16(25)15-12(19)10-20-17(22-15)24-5-7-26-8-6-24/h3-4,9-10H,5-8H2,1-2H3,(H,21,25). The average molecular weight is 396 g/mol. The first kappa shape index (κ1) is 18.7. The average Bonchev–Trinajstić information content (AvgIpc) is 2.62. The Morgan fingerprint density at radius 3 is 2.69 bits per heavy atom. The number of aromatic nitrogens is 2. The molecule has 0 spiro atoms. The van der Waals surface area contributed by atoms with Gasteiger partial charge in [-0.2, -0.15) is 0 Å². The fourth-order valence-corrected chi connectivity index (χ4v) is 2.96. The third-order valence-corrected chi connectivity index (χ3v) is 4.44. The lowest BCUT2D eigenvalue weighted by Gasteiger charge is -2.27. The van der Waals surface area contributed by atoms with Crippen LogP contribution >= 0.6 is 23.2 Å². The van der Waals surface area contributed by atoms with E-state index in [1.165, 1.54) is 6.20 Å². The van der Waals surface area contributed by atoms with Crippen molar-refractivity contribution >= 4 is 46.4 Å². The van der Waals surface area contributed by atoms with Crippen LogP contribution in [0.5, 0.6) is 0 Å². The van der Waals surface area contributed by atoms with Gasteiger partial charge in [0.1, 0.15) is 0 Å². The molecule has 1 N–H and O–H groups in total. The van der Waals surface area contributed by atoms with Crippen LogP contribution in [0.25, 0.3) is 0 Å². The van der Waals surface area contributed by atoms with Crippen LogP contribution in [-0.4, -0.2) is 56.3 Å². The van der Waals surface area contributed by atoms with Gasteiger partial charge in [0.15, 0.2) is 5.69 Å². The number of carbonyl (C=O) groups excluding carboxylic acids is 1. The van der Waals surface area contributed by atoms with Crippen molar-refractivity contribution in [2.75, 3.05) is 55.5 Å². The van der Waals surface area contributed by atoms with E-state index in [4.69, 9.17) is 27.9 Å². The van der Waals surface area contributed by atoms with Gasteiger partial charge in [-0.3, -0.25) is 4.79 Å². The van der Waals surface area contributed by atoms with Crippen molar-refractivity contribution in [3.63, 3.8) is 0 Å². The van der Waals surface area contributed by atoms with Gasteiger partial charge in [-0.25, -0.2) is 9.97 Å². The van der Waals surface area contributed by atoms with Crippen LogP contribution in [0, 0.1) is 0 Å². The highest BCUT2D eigenvalue weighted by Gasteiger charge is 2.20. The van der Waals surface area contributed by atoms with Crippen LogP contribution in [0.3, 0.4) is 0 Å². The fourth-order valence-electron chi connectivity index (χ4n) is 2.61. The summed E-state index contributed by atoms with van der Waals surface area (Å²) in [4.78, 5) is 25.2. The molecule has 9 heteroatoms. The van der Waals surface area contributed by atoms with Gasteiger partial charge >= 0.3 is 0 Å². The molecule has 0 saturated carbocycles. The van der Waals surface area contributed by atoms with Crippen LogP contribution in [0.1, 0.15) is 10.5 Å². The Morgan fingerprint density at radius 2 is 2.00 bits per heavy atom. The maximum atomic E-state index is 12.8. The molecule has 3 rings (SSSR count). The number of hydrogen-bond donors (Lipinski definition) is 1. The van der Waals surface area contributed by atoms with Crippen LogP contribution in [0.2, 0.25) is 10.0 Å². The SMILES string of the molecule is CN(C)c1ccc(Cl)cc1NC(=O)c1nc(N2CCOCC2)ncc1Cl. The van der Waals surface area contributed by atoms with Crippen LogP contribution in [0.15, 0.2) is 24.4 Å².